The van der Waals surface area contributed by atoms with E-state index in [9.17, 15) is 18.0 Å². The molecule has 0 bridgehead atoms. The highest BCUT2D eigenvalue weighted by molar-refractivity contribution is 5.71. The van der Waals surface area contributed by atoms with Gasteiger partial charge in [-0.2, -0.15) is 4.98 Å². The van der Waals surface area contributed by atoms with Gasteiger partial charge in [0.15, 0.2) is 0 Å². The molecule has 0 spiro atoms. The van der Waals surface area contributed by atoms with Gasteiger partial charge in [0.25, 0.3) is 0 Å². The van der Waals surface area contributed by atoms with Gasteiger partial charge >= 0.3 is 12.3 Å². The fourth-order valence-electron chi connectivity index (χ4n) is 1.35. The molecule has 0 aromatic carbocycles. The maximum atomic E-state index is 12.0. The number of ether oxygens (including phenoxy) is 2. The highest BCUT2D eigenvalue weighted by Crippen LogP contribution is 2.28. The van der Waals surface area contributed by atoms with E-state index in [0.717, 1.165) is 6.07 Å². The second-order valence-electron chi connectivity index (χ2n) is 3.38. The molecule has 0 saturated heterocycles. The van der Waals surface area contributed by atoms with Crippen molar-refractivity contribution in [1.82, 2.24) is 4.98 Å². The van der Waals surface area contributed by atoms with Gasteiger partial charge in [0.2, 0.25) is 11.8 Å². The normalized spacial score (nSPS) is 11.2. The first kappa shape index (κ1) is 14.1. The van der Waals surface area contributed by atoms with E-state index in [0.29, 0.717) is 5.56 Å². The summed E-state index contributed by atoms with van der Waals surface area (Å²) in [5, 5.41) is 8.67. The van der Waals surface area contributed by atoms with Gasteiger partial charge in [0.05, 0.1) is 13.5 Å². The number of alkyl halides is 3. The van der Waals surface area contributed by atoms with E-state index in [-0.39, 0.29) is 11.4 Å². The lowest BCUT2D eigenvalue weighted by Crippen LogP contribution is -2.18. The molecule has 1 aromatic heterocycles. The predicted octanol–water partition coefficient (Wildman–Crippen LogP) is 1.92. The molecule has 8 heteroatoms. The summed E-state index contributed by atoms with van der Waals surface area (Å²) in [5.41, 5.74) is 0.503. The van der Waals surface area contributed by atoms with Crippen molar-refractivity contribution in [2.24, 2.45) is 0 Å². The van der Waals surface area contributed by atoms with Crippen LogP contribution in [-0.2, 0) is 11.2 Å². The maximum absolute atomic E-state index is 12.0. The third-order valence-electron chi connectivity index (χ3n) is 2.03. The van der Waals surface area contributed by atoms with Crippen LogP contribution in [0.2, 0.25) is 0 Å². The molecule has 0 aliphatic heterocycles. The Balaban J connectivity index is 3.14. The number of carboxylic acids is 1. The smallest absolute Gasteiger partial charge is 0.481 e. The van der Waals surface area contributed by atoms with E-state index in [1.165, 1.54) is 14.0 Å². The lowest BCUT2D eigenvalue weighted by atomic mass is 10.1. The van der Waals surface area contributed by atoms with Crippen LogP contribution in [0.25, 0.3) is 0 Å². The molecule has 18 heavy (non-hydrogen) atoms. The molecule has 1 N–H and O–H groups in total. The maximum Gasteiger partial charge on any atom is 0.574 e. The first-order chi connectivity index (χ1) is 8.23. The van der Waals surface area contributed by atoms with Crippen molar-refractivity contribution in [3.63, 3.8) is 0 Å². The summed E-state index contributed by atoms with van der Waals surface area (Å²) in [6.07, 6.45) is -5.26. The predicted molar refractivity (Wildman–Crippen MR) is 53.5 cm³/mol. The van der Waals surface area contributed by atoms with Crippen molar-refractivity contribution >= 4 is 5.97 Å². The molecule has 0 radical (unpaired) electrons. The van der Waals surface area contributed by atoms with Crippen molar-refractivity contribution in [2.75, 3.05) is 7.11 Å². The standard InChI is InChI=1S/C10H10F3NO4/c1-5-3-7(18-10(11,12)13)14-9(17-2)6(5)4-8(15)16/h3H,4H2,1-2H3,(H,15,16). The van der Waals surface area contributed by atoms with Crippen LogP contribution in [0.15, 0.2) is 6.07 Å². The Kier molecular flexibility index (Phi) is 4.00. The van der Waals surface area contributed by atoms with E-state index in [4.69, 9.17) is 9.84 Å². The second-order valence-corrected chi connectivity index (χ2v) is 3.38. The number of halogens is 3. The average Bonchev–Trinajstić information content (AvgIpc) is 2.18. The van der Waals surface area contributed by atoms with Gasteiger partial charge in [0, 0.05) is 11.6 Å². The van der Waals surface area contributed by atoms with E-state index in [1.807, 2.05) is 0 Å². The largest absolute Gasteiger partial charge is 0.574 e. The zero-order chi connectivity index (χ0) is 13.9. The molecule has 100 valence electrons. The SMILES string of the molecule is COc1nc(OC(F)(F)F)cc(C)c1CC(=O)O. The quantitative estimate of drug-likeness (QED) is 0.900. The topological polar surface area (TPSA) is 68.7 Å². The van der Waals surface area contributed by atoms with Gasteiger partial charge in [0.1, 0.15) is 0 Å². The lowest BCUT2D eigenvalue weighted by molar-refractivity contribution is -0.276. The number of nitrogens with zero attached hydrogens (tertiary/aromatic N) is 1. The summed E-state index contributed by atoms with van der Waals surface area (Å²) in [6.45, 7) is 1.45. The molecular formula is C10H10F3NO4. The molecule has 5 nitrogen and oxygen atoms in total. The minimum Gasteiger partial charge on any atom is -0.481 e. The van der Waals surface area contributed by atoms with Crippen LogP contribution < -0.4 is 9.47 Å². The monoisotopic (exact) mass is 265 g/mol. The van der Waals surface area contributed by atoms with Gasteiger partial charge < -0.3 is 14.6 Å². The lowest BCUT2D eigenvalue weighted by Gasteiger charge is -2.13. The second kappa shape index (κ2) is 5.11. The summed E-state index contributed by atoms with van der Waals surface area (Å²) in [5.74, 6) is -2.02. The summed E-state index contributed by atoms with van der Waals surface area (Å²) < 4.78 is 44.5. The minimum atomic E-state index is -4.86. The van der Waals surface area contributed by atoms with Gasteiger partial charge in [-0.1, -0.05) is 0 Å². The number of aryl methyl sites for hydroxylation is 1. The molecule has 0 amide bonds. The number of pyridine rings is 1. The number of hydrogen-bond donors (Lipinski definition) is 1. The summed E-state index contributed by atoms with van der Waals surface area (Å²) >= 11 is 0. The fourth-order valence-corrected chi connectivity index (χ4v) is 1.35. The van der Waals surface area contributed by atoms with E-state index < -0.39 is 24.6 Å². The number of hydrogen-bond acceptors (Lipinski definition) is 4. The molecule has 1 rings (SSSR count). The molecule has 0 aliphatic rings. The Bertz CT molecular complexity index is 459. The average molecular weight is 265 g/mol. The number of rotatable bonds is 4. The van der Waals surface area contributed by atoms with Gasteiger partial charge in [-0.05, 0) is 12.5 Å². The van der Waals surface area contributed by atoms with Crippen LogP contribution >= 0.6 is 0 Å². The fraction of sp³-hybridized carbons (Fsp3) is 0.400. The Hall–Kier alpha value is -1.99. The van der Waals surface area contributed by atoms with Crippen molar-refractivity contribution in [3.05, 3.63) is 17.2 Å². The highest BCUT2D eigenvalue weighted by atomic mass is 19.4. The molecule has 0 atom stereocenters. The van der Waals surface area contributed by atoms with E-state index >= 15 is 0 Å². The number of aromatic nitrogens is 1. The van der Waals surface area contributed by atoms with Gasteiger partial charge in [-0.3, -0.25) is 4.79 Å². The van der Waals surface area contributed by atoms with Gasteiger partial charge in [-0.25, -0.2) is 0 Å². The highest BCUT2D eigenvalue weighted by Gasteiger charge is 2.32. The van der Waals surface area contributed by atoms with Crippen LogP contribution in [0, 0.1) is 6.92 Å². The van der Waals surface area contributed by atoms with Crippen LogP contribution in [0.1, 0.15) is 11.1 Å². The number of carbonyl (C=O) groups is 1. The molecule has 1 heterocycles. The van der Waals surface area contributed by atoms with Crippen LogP contribution in [-0.4, -0.2) is 29.5 Å². The molecule has 1 aromatic rings. The molecule has 0 aliphatic carbocycles. The zero-order valence-electron chi connectivity index (χ0n) is 9.54. The van der Waals surface area contributed by atoms with E-state index in [2.05, 4.69) is 9.72 Å². The molecular weight excluding hydrogens is 255 g/mol. The number of methoxy groups -OCH3 is 1. The third kappa shape index (κ3) is 3.79. The minimum absolute atomic E-state index is 0.198. The molecule has 0 saturated carbocycles. The van der Waals surface area contributed by atoms with Crippen molar-refractivity contribution in [1.29, 1.82) is 0 Å². The van der Waals surface area contributed by atoms with Gasteiger partial charge in [-0.15, -0.1) is 13.2 Å². The van der Waals surface area contributed by atoms with Crippen molar-refractivity contribution in [3.8, 4) is 11.8 Å². The molecule has 0 fully saturated rings. The Labute approximate surface area is 100 Å². The first-order valence-corrected chi connectivity index (χ1v) is 4.75. The Morgan fingerprint density at radius 1 is 1.50 bits per heavy atom. The van der Waals surface area contributed by atoms with Crippen LogP contribution in [0.5, 0.6) is 11.8 Å². The van der Waals surface area contributed by atoms with Crippen LogP contribution in [0.3, 0.4) is 0 Å². The summed E-state index contributed by atoms with van der Waals surface area (Å²) in [7, 11) is 1.19. The van der Waals surface area contributed by atoms with E-state index in [1.54, 1.807) is 0 Å². The van der Waals surface area contributed by atoms with Crippen LogP contribution in [0.4, 0.5) is 13.2 Å². The number of carboxylic acid groups (broad SMARTS) is 1. The Morgan fingerprint density at radius 3 is 2.56 bits per heavy atom. The summed E-state index contributed by atoms with van der Waals surface area (Å²) in [6, 6.07) is 1.01. The molecule has 0 unspecified atom stereocenters. The number of aliphatic carboxylic acids is 1. The zero-order valence-corrected chi connectivity index (χ0v) is 9.54. The van der Waals surface area contributed by atoms with Crippen molar-refractivity contribution in [2.45, 2.75) is 19.7 Å². The summed E-state index contributed by atoms with van der Waals surface area (Å²) in [4.78, 5) is 14.1. The van der Waals surface area contributed by atoms with Crippen molar-refractivity contribution < 1.29 is 32.5 Å². The third-order valence-corrected chi connectivity index (χ3v) is 2.03. The Morgan fingerprint density at radius 2 is 2.11 bits per heavy atom. The first-order valence-electron chi connectivity index (χ1n) is 4.75.